The van der Waals surface area contributed by atoms with E-state index in [9.17, 15) is 13.2 Å². The van der Waals surface area contributed by atoms with Gasteiger partial charge in [-0.2, -0.15) is 0 Å². The molecule has 3 rings (SSSR count). The smallest absolute Gasteiger partial charge is 0.241 e. The van der Waals surface area contributed by atoms with Gasteiger partial charge in [0, 0.05) is 23.5 Å². The van der Waals surface area contributed by atoms with Gasteiger partial charge in [-0.05, 0) is 55.5 Å². The van der Waals surface area contributed by atoms with Crippen LogP contribution in [0.15, 0.2) is 40.6 Å². The topological polar surface area (TPSA) is 66.5 Å². The lowest BCUT2D eigenvalue weighted by molar-refractivity contribution is -0.116. The monoisotopic (exact) mass is 364 g/mol. The second kappa shape index (κ2) is 6.31. The molecule has 1 amide bonds. The molecule has 2 heterocycles. The Morgan fingerprint density at radius 2 is 2.12 bits per heavy atom. The lowest BCUT2D eigenvalue weighted by atomic mass is 10.1. The second-order valence-corrected chi connectivity index (χ2v) is 8.78. The third kappa shape index (κ3) is 3.11. The predicted molar refractivity (Wildman–Crippen MR) is 95.8 cm³/mol. The molecule has 128 valence electrons. The first kappa shape index (κ1) is 17.1. The van der Waals surface area contributed by atoms with Gasteiger partial charge in [0.05, 0.1) is 10.9 Å². The fourth-order valence-electron chi connectivity index (χ4n) is 3.15. The van der Waals surface area contributed by atoms with E-state index in [1.807, 2.05) is 31.4 Å². The first-order valence-electron chi connectivity index (χ1n) is 7.78. The number of nitrogens with zero attached hydrogens (tertiary/aromatic N) is 1. The Bertz CT molecular complexity index is 860. The highest BCUT2D eigenvalue weighted by Crippen LogP contribution is 2.34. The minimum absolute atomic E-state index is 0.0266. The number of nitrogens with one attached hydrogen (secondary N) is 1. The van der Waals surface area contributed by atoms with Crippen LogP contribution in [0.1, 0.15) is 37.3 Å². The molecule has 2 atom stereocenters. The maximum Gasteiger partial charge on any atom is 0.241 e. The lowest BCUT2D eigenvalue weighted by Gasteiger charge is -2.20. The molecule has 1 aromatic carbocycles. The van der Waals surface area contributed by atoms with Crippen molar-refractivity contribution in [2.24, 2.45) is 0 Å². The van der Waals surface area contributed by atoms with Crippen LogP contribution >= 0.6 is 11.3 Å². The van der Waals surface area contributed by atoms with Crippen molar-refractivity contribution in [3.8, 4) is 0 Å². The van der Waals surface area contributed by atoms with Crippen molar-refractivity contribution < 1.29 is 13.2 Å². The molecule has 5 nitrogen and oxygen atoms in total. The van der Waals surface area contributed by atoms with Gasteiger partial charge in [0.2, 0.25) is 15.9 Å². The van der Waals surface area contributed by atoms with Gasteiger partial charge < -0.3 is 4.90 Å². The molecule has 0 radical (unpaired) electrons. The highest BCUT2D eigenvalue weighted by atomic mass is 32.2. The molecular formula is C17H20N2O3S2. The van der Waals surface area contributed by atoms with Crippen LogP contribution in [0, 0.1) is 0 Å². The number of sulfonamides is 1. The molecule has 0 spiro atoms. The Hall–Kier alpha value is -1.70. The molecule has 0 aliphatic carbocycles. The van der Waals surface area contributed by atoms with Crippen LogP contribution in [-0.4, -0.2) is 20.4 Å². The Morgan fingerprint density at radius 3 is 2.75 bits per heavy atom. The number of fused-ring (bicyclic) bond motifs is 1. The van der Waals surface area contributed by atoms with Crippen LogP contribution < -0.4 is 9.62 Å². The van der Waals surface area contributed by atoms with Gasteiger partial charge in [0.1, 0.15) is 0 Å². The molecule has 0 unspecified atom stereocenters. The maximum absolute atomic E-state index is 12.6. The van der Waals surface area contributed by atoms with Crippen molar-refractivity contribution in [2.75, 3.05) is 4.90 Å². The van der Waals surface area contributed by atoms with E-state index in [0.717, 1.165) is 16.1 Å². The van der Waals surface area contributed by atoms with Gasteiger partial charge in [-0.3, -0.25) is 4.79 Å². The Balaban J connectivity index is 1.88. The summed E-state index contributed by atoms with van der Waals surface area (Å²) in [5.74, 6) is -0.0266. The zero-order valence-electron chi connectivity index (χ0n) is 13.8. The highest BCUT2D eigenvalue weighted by Gasteiger charge is 2.30. The van der Waals surface area contributed by atoms with E-state index in [-0.39, 0.29) is 22.9 Å². The predicted octanol–water partition coefficient (Wildman–Crippen LogP) is 3.09. The molecule has 0 saturated carbocycles. The number of benzene rings is 1. The molecule has 1 aliphatic heterocycles. The number of amides is 1. The molecule has 0 saturated heterocycles. The van der Waals surface area contributed by atoms with Crippen LogP contribution in [0.2, 0.25) is 0 Å². The van der Waals surface area contributed by atoms with E-state index >= 15 is 0 Å². The molecule has 7 heteroatoms. The lowest BCUT2D eigenvalue weighted by Crippen LogP contribution is -2.33. The standard InChI is InChI=1S/C17H20N2O3S2/c1-11-9-14-10-15(6-7-16(14)19(11)13(3)20)24(21,22)18-12(2)17-5-4-8-23-17/h4-8,10-12,18H,9H2,1-3H3/t11-,12+/m0/s1. The van der Waals surface area contributed by atoms with Crippen molar-refractivity contribution in [1.82, 2.24) is 4.72 Å². The number of hydrogen-bond donors (Lipinski definition) is 1. The van der Waals surface area contributed by atoms with Gasteiger partial charge in [-0.15, -0.1) is 11.3 Å². The number of carbonyl (C=O) groups excluding carboxylic acids is 1. The van der Waals surface area contributed by atoms with Crippen LogP contribution in [0.4, 0.5) is 5.69 Å². The van der Waals surface area contributed by atoms with Crippen molar-refractivity contribution >= 4 is 33.0 Å². The van der Waals surface area contributed by atoms with E-state index in [4.69, 9.17) is 0 Å². The molecule has 24 heavy (non-hydrogen) atoms. The van der Waals surface area contributed by atoms with Crippen molar-refractivity contribution in [1.29, 1.82) is 0 Å². The Labute approximate surface area is 146 Å². The number of carbonyl (C=O) groups is 1. The van der Waals surface area contributed by atoms with Gasteiger partial charge in [0.25, 0.3) is 0 Å². The van der Waals surface area contributed by atoms with Crippen LogP contribution in [0.5, 0.6) is 0 Å². The van der Waals surface area contributed by atoms with Gasteiger partial charge in [0.15, 0.2) is 0 Å². The molecule has 2 aromatic rings. The second-order valence-electron chi connectivity index (χ2n) is 6.09. The summed E-state index contributed by atoms with van der Waals surface area (Å²) in [6, 6.07) is 8.55. The largest absolute Gasteiger partial charge is 0.309 e. The molecule has 1 aliphatic rings. The van der Waals surface area contributed by atoms with Crippen LogP contribution in [-0.2, 0) is 21.2 Å². The molecular weight excluding hydrogens is 344 g/mol. The average molecular weight is 364 g/mol. The van der Waals surface area contributed by atoms with E-state index in [1.54, 1.807) is 23.1 Å². The van der Waals surface area contributed by atoms with E-state index in [2.05, 4.69) is 4.72 Å². The van der Waals surface area contributed by atoms with E-state index in [0.29, 0.717) is 6.42 Å². The summed E-state index contributed by atoms with van der Waals surface area (Å²) in [4.78, 5) is 14.7. The average Bonchev–Trinajstić information content (AvgIpc) is 3.12. The summed E-state index contributed by atoms with van der Waals surface area (Å²) in [7, 11) is -3.61. The quantitative estimate of drug-likeness (QED) is 0.907. The summed E-state index contributed by atoms with van der Waals surface area (Å²) in [5, 5.41) is 1.92. The number of rotatable bonds is 4. The van der Waals surface area contributed by atoms with Gasteiger partial charge in [-0.25, -0.2) is 13.1 Å². The number of hydrogen-bond acceptors (Lipinski definition) is 4. The van der Waals surface area contributed by atoms with Crippen molar-refractivity contribution in [2.45, 2.75) is 44.2 Å². The summed E-state index contributed by atoms with van der Waals surface area (Å²) in [6.45, 7) is 5.32. The Kier molecular flexibility index (Phi) is 4.50. The van der Waals surface area contributed by atoms with Crippen molar-refractivity contribution in [3.05, 3.63) is 46.2 Å². The third-order valence-electron chi connectivity index (χ3n) is 4.22. The first-order chi connectivity index (χ1) is 11.3. The number of anilines is 1. The van der Waals surface area contributed by atoms with Crippen molar-refractivity contribution in [3.63, 3.8) is 0 Å². The molecule has 1 N–H and O–H groups in total. The normalized spacial score (nSPS) is 18.5. The summed E-state index contributed by atoms with van der Waals surface area (Å²) in [6.07, 6.45) is 0.665. The number of thiophene rings is 1. The first-order valence-corrected chi connectivity index (χ1v) is 10.1. The maximum atomic E-state index is 12.6. The van der Waals surface area contributed by atoms with Crippen LogP contribution in [0.3, 0.4) is 0 Å². The zero-order valence-corrected chi connectivity index (χ0v) is 15.4. The fourth-order valence-corrected chi connectivity index (χ4v) is 5.23. The molecule has 0 fully saturated rings. The minimum atomic E-state index is -3.61. The fraction of sp³-hybridized carbons (Fsp3) is 0.353. The Morgan fingerprint density at radius 1 is 1.38 bits per heavy atom. The van der Waals surface area contributed by atoms with E-state index < -0.39 is 10.0 Å². The van der Waals surface area contributed by atoms with Gasteiger partial charge in [-0.1, -0.05) is 6.07 Å². The SMILES string of the molecule is CC(=O)N1c2ccc(S(=O)(=O)N[C@H](C)c3cccs3)cc2C[C@@H]1C. The highest BCUT2D eigenvalue weighted by molar-refractivity contribution is 7.89. The van der Waals surface area contributed by atoms with E-state index in [1.165, 1.54) is 18.3 Å². The zero-order chi connectivity index (χ0) is 17.5. The van der Waals surface area contributed by atoms with Gasteiger partial charge >= 0.3 is 0 Å². The summed E-state index contributed by atoms with van der Waals surface area (Å²) < 4.78 is 28.0. The van der Waals surface area contributed by atoms with Crippen LogP contribution in [0.25, 0.3) is 0 Å². The molecule has 1 aromatic heterocycles. The summed E-state index contributed by atoms with van der Waals surface area (Å²) in [5.41, 5.74) is 1.70. The molecule has 0 bridgehead atoms. The minimum Gasteiger partial charge on any atom is -0.309 e. The summed E-state index contributed by atoms with van der Waals surface area (Å²) >= 11 is 1.52. The third-order valence-corrected chi connectivity index (χ3v) is 6.81.